The molecule has 0 saturated carbocycles. The van der Waals surface area contributed by atoms with Gasteiger partial charge >= 0.3 is 8.80 Å². The van der Waals surface area contributed by atoms with Gasteiger partial charge in [0.15, 0.2) is 0 Å². The summed E-state index contributed by atoms with van der Waals surface area (Å²) in [6, 6.07) is 0. The van der Waals surface area contributed by atoms with Gasteiger partial charge in [0.25, 0.3) is 0 Å². The molecule has 0 amide bonds. The van der Waals surface area contributed by atoms with Gasteiger partial charge in [0, 0.05) is 21.3 Å². The molecule has 4 nitrogen and oxygen atoms in total. The third kappa shape index (κ3) is 2.60. The molecule has 0 N–H and O–H groups in total. The van der Waals surface area contributed by atoms with E-state index in [1.54, 1.807) is 21.3 Å². The minimum absolute atomic E-state index is 0.330. The molecule has 0 aromatic heterocycles. The second-order valence-corrected chi connectivity index (χ2v) is 6.95. The van der Waals surface area contributed by atoms with Crippen LogP contribution in [0.15, 0.2) is 0 Å². The third-order valence-electron chi connectivity index (χ3n) is 3.28. The highest BCUT2D eigenvalue weighted by Gasteiger charge is 2.50. The van der Waals surface area contributed by atoms with Gasteiger partial charge in [-0.3, -0.25) is 4.90 Å². The Kier molecular flexibility index (Phi) is 5.21. The van der Waals surface area contributed by atoms with E-state index in [1.807, 2.05) is 0 Å². The van der Waals surface area contributed by atoms with E-state index < -0.39 is 8.80 Å². The predicted octanol–water partition coefficient (Wildman–Crippen LogP) is 1.28. The molecule has 1 heterocycles. The Morgan fingerprint density at radius 2 is 1.73 bits per heavy atom. The van der Waals surface area contributed by atoms with Crippen molar-refractivity contribution in [1.29, 1.82) is 0 Å². The quantitative estimate of drug-likeness (QED) is 0.669. The molecule has 1 aliphatic rings. The molecule has 0 radical (unpaired) electrons. The predicted molar refractivity (Wildman–Crippen MR) is 61.7 cm³/mol. The number of hydrogen-bond donors (Lipinski definition) is 0. The highest BCUT2D eigenvalue weighted by atomic mass is 28.4. The van der Waals surface area contributed by atoms with Crippen molar-refractivity contribution in [2.24, 2.45) is 0 Å². The van der Waals surface area contributed by atoms with Crippen LogP contribution in [0.3, 0.4) is 0 Å². The van der Waals surface area contributed by atoms with Crippen LogP contribution in [0.4, 0.5) is 0 Å². The average Bonchev–Trinajstić information content (AvgIpc) is 2.33. The van der Waals surface area contributed by atoms with E-state index >= 15 is 0 Å². The van der Waals surface area contributed by atoms with Crippen molar-refractivity contribution < 1.29 is 13.3 Å². The van der Waals surface area contributed by atoms with Gasteiger partial charge < -0.3 is 13.3 Å². The second-order valence-electron chi connectivity index (χ2n) is 3.86. The van der Waals surface area contributed by atoms with E-state index in [-0.39, 0.29) is 0 Å². The van der Waals surface area contributed by atoms with Crippen LogP contribution in [0.25, 0.3) is 0 Å². The summed E-state index contributed by atoms with van der Waals surface area (Å²) in [5, 5.41) is 0. The molecule has 1 fully saturated rings. The van der Waals surface area contributed by atoms with Gasteiger partial charge in [0.1, 0.15) is 0 Å². The average molecular weight is 233 g/mol. The zero-order valence-electron chi connectivity index (χ0n) is 10.3. The van der Waals surface area contributed by atoms with Gasteiger partial charge in [0.05, 0.1) is 5.67 Å². The first-order valence-electron chi connectivity index (χ1n) is 5.63. The molecule has 1 aliphatic heterocycles. The number of rotatable bonds is 5. The highest BCUT2D eigenvalue weighted by Crippen LogP contribution is 2.26. The maximum atomic E-state index is 5.56. The largest absolute Gasteiger partial charge is 0.518 e. The van der Waals surface area contributed by atoms with Crippen molar-refractivity contribution in [2.45, 2.75) is 31.9 Å². The maximum Gasteiger partial charge on any atom is 0.518 e. The Morgan fingerprint density at radius 3 is 2.20 bits per heavy atom. The zero-order valence-corrected chi connectivity index (χ0v) is 11.3. The molecular formula is C10H23NO3Si. The van der Waals surface area contributed by atoms with Crippen molar-refractivity contribution in [3.63, 3.8) is 0 Å². The molecule has 1 saturated heterocycles. The lowest BCUT2D eigenvalue weighted by Crippen LogP contribution is -2.62. The maximum absolute atomic E-state index is 5.56. The summed E-state index contributed by atoms with van der Waals surface area (Å²) in [5.74, 6) is 0. The lowest BCUT2D eigenvalue weighted by atomic mass is 10.1. The van der Waals surface area contributed by atoms with Gasteiger partial charge in [-0.05, 0) is 25.9 Å². The Bertz CT molecular complexity index is 179. The van der Waals surface area contributed by atoms with Crippen LogP contribution in [0.5, 0.6) is 0 Å². The van der Waals surface area contributed by atoms with E-state index in [4.69, 9.17) is 13.3 Å². The minimum Gasteiger partial charge on any atom is -0.376 e. The molecule has 1 atom stereocenters. The second kappa shape index (κ2) is 5.96. The number of piperidine rings is 1. The summed E-state index contributed by atoms with van der Waals surface area (Å²) in [4.78, 5) is 2.42. The van der Waals surface area contributed by atoms with Crippen LogP contribution in [-0.4, -0.2) is 53.8 Å². The van der Waals surface area contributed by atoms with Gasteiger partial charge in [-0.15, -0.1) is 0 Å². The summed E-state index contributed by atoms with van der Waals surface area (Å²) in [6.45, 7) is 4.35. The first-order chi connectivity index (χ1) is 7.24. The fraction of sp³-hybridized carbons (Fsp3) is 1.00. The molecule has 15 heavy (non-hydrogen) atoms. The van der Waals surface area contributed by atoms with E-state index in [0.717, 1.165) is 19.5 Å². The van der Waals surface area contributed by atoms with Crippen molar-refractivity contribution in [3.05, 3.63) is 0 Å². The van der Waals surface area contributed by atoms with Crippen LogP contribution < -0.4 is 0 Å². The third-order valence-corrected chi connectivity index (χ3v) is 6.46. The van der Waals surface area contributed by atoms with Crippen molar-refractivity contribution in [3.8, 4) is 0 Å². The fourth-order valence-electron chi connectivity index (χ4n) is 2.43. The lowest BCUT2D eigenvalue weighted by Gasteiger charge is -2.41. The topological polar surface area (TPSA) is 30.9 Å². The molecular weight excluding hydrogens is 210 g/mol. The van der Waals surface area contributed by atoms with Crippen LogP contribution in [0.2, 0.25) is 0 Å². The van der Waals surface area contributed by atoms with E-state index in [2.05, 4.69) is 11.8 Å². The van der Waals surface area contributed by atoms with Crippen LogP contribution in [-0.2, 0) is 13.3 Å². The summed E-state index contributed by atoms with van der Waals surface area (Å²) in [6.07, 6.45) is 3.63. The molecule has 0 aliphatic carbocycles. The van der Waals surface area contributed by atoms with E-state index in [9.17, 15) is 0 Å². The summed E-state index contributed by atoms with van der Waals surface area (Å²) < 4.78 is 16.7. The van der Waals surface area contributed by atoms with Gasteiger partial charge in [-0.1, -0.05) is 13.3 Å². The Hall–Kier alpha value is 0.0569. The number of likely N-dealkylation sites (tertiary alicyclic amines) is 1. The fourth-order valence-corrected chi connectivity index (χ4v) is 5.06. The smallest absolute Gasteiger partial charge is 0.376 e. The number of nitrogens with zero attached hydrogens (tertiary/aromatic N) is 1. The lowest BCUT2D eigenvalue weighted by molar-refractivity contribution is 0.0617. The molecule has 5 heteroatoms. The normalized spacial score (nSPS) is 24.4. The zero-order chi connectivity index (χ0) is 11.3. The Morgan fingerprint density at radius 1 is 1.13 bits per heavy atom. The van der Waals surface area contributed by atoms with Crippen LogP contribution in [0, 0.1) is 0 Å². The van der Waals surface area contributed by atoms with Gasteiger partial charge in [0.2, 0.25) is 0 Å². The molecule has 0 aromatic rings. The van der Waals surface area contributed by atoms with Crippen molar-refractivity contribution >= 4 is 8.80 Å². The molecule has 90 valence electrons. The molecule has 0 aromatic carbocycles. The number of hydrogen-bond acceptors (Lipinski definition) is 4. The first kappa shape index (κ1) is 13.1. The Labute approximate surface area is 93.9 Å². The monoisotopic (exact) mass is 233 g/mol. The summed E-state index contributed by atoms with van der Waals surface area (Å²) in [5.41, 5.74) is 0.330. The highest BCUT2D eigenvalue weighted by molar-refractivity contribution is 6.62. The van der Waals surface area contributed by atoms with Gasteiger partial charge in [-0.25, -0.2) is 0 Å². The standard InChI is InChI=1S/C10H23NO3Si/c1-5-11-9-7-6-8-10(11)15(12-2,13-3)14-4/h10H,5-9H2,1-4H3. The first-order valence-corrected chi connectivity index (χ1v) is 7.43. The van der Waals surface area contributed by atoms with Gasteiger partial charge in [-0.2, -0.15) is 0 Å². The van der Waals surface area contributed by atoms with Crippen molar-refractivity contribution in [1.82, 2.24) is 4.90 Å². The Balaban J connectivity index is 2.79. The molecule has 0 spiro atoms. The molecule has 0 bridgehead atoms. The van der Waals surface area contributed by atoms with Crippen molar-refractivity contribution in [2.75, 3.05) is 34.4 Å². The molecule has 1 rings (SSSR count). The molecule has 1 unspecified atom stereocenters. The SMILES string of the molecule is CCN1CCCCC1[Si](OC)(OC)OC. The van der Waals surface area contributed by atoms with Crippen LogP contribution in [0.1, 0.15) is 26.2 Å². The summed E-state index contributed by atoms with van der Waals surface area (Å²) in [7, 11) is 2.61. The van der Waals surface area contributed by atoms with E-state index in [0.29, 0.717) is 5.67 Å². The minimum atomic E-state index is -2.47. The summed E-state index contributed by atoms with van der Waals surface area (Å²) >= 11 is 0. The van der Waals surface area contributed by atoms with E-state index in [1.165, 1.54) is 12.8 Å². The van der Waals surface area contributed by atoms with Crippen LogP contribution >= 0.6 is 0 Å².